The third-order valence-corrected chi connectivity index (χ3v) is 2.90. The van der Waals surface area contributed by atoms with Gasteiger partial charge in [-0.3, -0.25) is 9.69 Å². The van der Waals surface area contributed by atoms with Crippen LogP contribution in [0.25, 0.3) is 0 Å². The molecular weight excluding hydrogens is 200 g/mol. The first-order valence-corrected chi connectivity index (χ1v) is 5.12. The highest BCUT2D eigenvalue weighted by Gasteiger charge is 2.22. The van der Waals surface area contributed by atoms with Crippen molar-refractivity contribution in [1.82, 2.24) is 4.90 Å². The number of esters is 1. The standard InChI is InChI=1S/C9H16N2O2S/c1-13-8(12)6-11-4-2-7(3-5-11)9(10)14/h7H,2-6H2,1H3,(H2,10,14). The molecule has 14 heavy (non-hydrogen) atoms. The fourth-order valence-electron chi connectivity index (χ4n) is 1.62. The van der Waals surface area contributed by atoms with Crippen molar-refractivity contribution in [3.05, 3.63) is 0 Å². The van der Waals surface area contributed by atoms with E-state index in [0.29, 0.717) is 17.5 Å². The van der Waals surface area contributed by atoms with Gasteiger partial charge in [0.1, 0.15) is 0 Å². The minimum absolute atomic E-state index is 0.182. The third kappa shape index (κ3) is 3.23. The molecular formula is C9H16N2O2S. The lowest BCUT2D eigenvalue weighted by Gasteiger charge is -2.30. The fourth-order valence-corrected chi connectivity index (χ4v) is 1.86. The smallest absolute Gasteiger partial charge is 0.319 e. The predicted molar refractivity (Wildman–Crippen MR) is 58.0 cm³/mol. The molecule has 0 amide bonds. The van der Waals surface area contributed by atoms with Crippen LogP contribution in [0.1, 0.15) is 12.8 Å². The number of nitrogens with zero attached hydrogens (tertiary/aromatic N) is 1. The zero-order valence-electron chi connectivity index (χ0n) is 8.36. The number of piperidine rings is 1. The first-order chi connectivity index (χ1) is 6.63. The molecule has 1 heterocycles. The summed E-state index contributed by atoms with van der Waals surface area (Å²) in [6, 6.07) is 0. The highest BCUT2D eigenvalue weighted by molar-refractivity contribution is 7.80. The van der Waals surface area contributed by atoms with E-state index in [0.717, 1.165) is 25.9 Å². The third-order valence-electron chi connectivity index (χ3n) is 2.57. The number of methoxy groups -OCH3 is 1. The minimum atomic E-state index is -0.182. The van der Waals surface area contributed by atoms with Crippen molar-refractivity contribution in [1.29, 1.82) is 0 Å². The van der Waals surface area contributed by atoms with Gasteiger partial charge >= 0.3 is 5.97 Å². The minimum Gasteiger partial charge on any atom is -0.468 e. The Labute approximate surface area is 89.4 Å². The zero-order chi connectivity index (χ0) is 10.6. The maximum atomic E-state index is 11.0. The number of ether oxygens (including phenoxy) is 1. The highest BCUT2D eigenvalue weighted by Crippen LogP contribution is 2.16. The molecule has 5 heteroatoms. The van der Waals surface area contributed by atoms with Gasteiger partial charge in [0.25, 0.3) is 0 Å². The van der Waals surface area contributed by atoms with Crippen LogP contribution in [0.5, 0.6) is 0 Å². The summed E-state index contributed by atoms with van der Waals surface area (Å²) in [5, 5.41) is 0. The second-order valence-electron chi connectivity index (χ2n) is 3.53. The molecule has 1 aliphatic rings. The highest BCUT2D eigenvalue weighted by atomic mass is 32.1. The van der Waals surface area contributed by atoms with Gasteiger partial charge in [-0.2, -0.15) is 0 Å². The summed E-state index contributed by atoms with van der Waals surface area (Å²) >= 11 is 4.93. The molecule has 4 nitrogen and oxygen atoms in total. The van der Waals surface area contributed by atoms with Crippen molar-refractivity contribution in [3.8, 4) is 0 Å². The molecule has 0 aromatic heterocycles. The van der Waals surface area contributed by atoms with Gasteiger partial charge in [-0.1, -0.05) is 12.2 Å². The summed E-state index contributed by atoms with van der Waals surface area (Å²) in [5.41, 5.74) is 5.56. The molecule has 80 valence electrons. The summed E-state index contributed by atoms with van der Waals surface area (Å²) in [5.74, 6) is 0.165. The molecule has 0 saturated carbocycles. The van der Waals surface area contributed by atoms with Gasteiger partial charge in [0.2, 0.25) is 0 Å². The van der Waals surface area contributed by atoms with Crippen LogP contribution in [0, 0.1) is 5.92 Å². The summed E-state index contributed by atoms with van der Waals surface area (Å²) in [4.78, 5) is 13.7. The predicted octanol–water partition coefficient (Wildman–Crippen LogP) is 0.157. The average molecular weight is 216 g/mol. The van der Waals surface area contributed by atoms with Crippen molar-refractivity contribution >= 4 is 23.2 Å². The lowest BCUT2D eigenvalue weighted by molar-refractivity contribution is -0.142. The van der Waals surface area contributed by atoms with Crippen molar-refractivity contribution in [3.63, 3.8) is 0 Å². The molecule has 0 aromatic carbocycles. The number of rotatable bonds is 3. The Morgan fingerprint density at radius 2 is 2.14 bits per heavy atom. The van der Waals surface area contributed by atoms with Gasteiger partial charge in [-0.05, 0) is 25.9 Å². The van der Waals surface area contributed by atoms with Crippen LogP contribution in [-0.4, -0.2) is 42.6 Å². The maximum Gasteiger partial charge on any atom is 0.319 e. The Balaban J connectivity index is 2.29. The van der Waals surface area contributed by atoms with Gasteiger partial charge in [0, 0.05) is 5.92 Å². The molecule has 2 N–H and O–H groups in total. The van der Waals surface area contributed by atoms with Gasteiger partial charge in [-0.25, -0.2) is 0 Å². The SMILES string of the molecule is COC(=O)CN1CCC(C(N)=S)CC1. The van der Waals surface area contributed by atoms with Crippen molar-refractivity contribution in [2.45, 2.75) is 12.8 Å². The van der Waals surface area contributed by atoms with E-state index in [1.54, 1.807) is 0 Å². The van der Waals surface area contributed by atoms with E-state index in [-0.39, 0.29) is 5.97 Å². The molecule has 0 bridgehead atoms. The summed E-state index contributed by atoms with van der Waals surface area (Å²) in [6.07, 6.45) is 1.90. The number of carbonyl (C=O) groups excluding carboxylic acids is 1. The number of hydrogen-bond acceptors (Lipinski definition) is 4. The van der Waals surface area contributed by atoms with Gasteiger partial charge in [-0.15, -0.1) is 0 Å². The largest absolute Gasteiger partial charge is 0.468 e. The van der Waals surface area contributed by atoms with Crippen molar-refractivity contribution < 1.29 is 9.53 Å². The molecule has 0 aliphatic carbocycles. The number of thiocarbonyl (C=S) groups is 1. The topological polar surface area (TPSA) is 55.6 Å². The molecule has 1 aliphatic heterocycles. The molecule has 0 unspecified atom stereocenters. The van der Waals surface area contributed by atoms with Gasteiger partial charge in [0.05, 0.1) is 18.6 Å². The lowest BCUT2D eigenvalue weighted by atomic mass is 9.97. The van der Waals surface area contributed by atoms with Crippen LogP contribution in [0.2, 0.25) is 0 Å². The molecule has 1 saturated heterocycles. The van der Waals surface area contributed by atoms with Crippen molar-refractivity contribution in [2.75, 3.05) is 26.7 Å². The van der Waals surface area contributed by atoms with E-state index in [1.165, 1.54) is 7.11 Å². The summed E-state index contributed by atoms with van der Waals surface area (Å²) in [7, 11) is 1.41. The molecule has 0 aromatic rings. The van der Waals surface area contributed by atoms with Crippen LogP contribution in [0.4, 0.5) is 0 Å². The lowest BCUT2D eigenvalue weighted by Crippen LogP contribution is -2.40. The van der Waals surface area contributed by atoms with Gasteiger partial charge in [0.15, 0.2) is 0 Å². The number of nitrogens with two attached hydrogens (primary N) is 1. The molecule has 0 spiro atoms. The molecule has 1 rings (SSSR count). The Morgan fingerprint density at radius 1 is 1.57 bits per heavy atom. The Bertz CT molecular complexity index is 225. The van der Waals surface area contributed by atoms with Crippen LogP contribution >= 0.6 is 12.2 Å². The van der Waals surface area contributed by atoms with Crippen LogP contribution < -0.4 is 5.73 Å². The zero-order valence-corrected chi connectivity index (χ0v) is 9.18. The van der Waals surface area contributed by atoms with E-state index in [4.69, 9.17) is 18.0 Å². The number of likely N-dealkylation sites (tertiary alicyclic amines) is 1. The molecule has 1 fully saturated rings. The first kappa shape index (κ1) is 11.4. The average Bonchev–Trinajstić information content (AvgIpc) is 2.18. The van der Waals surface area contributed by atoms with E-state index in [9.17, 15) is 4.79 Å². The Kier molecular flexibility index (Phi) is 4.28. The van der Waals surface area contributed by atoms with Gasteiger partial charge < -0.3 is 10.5 Å². The monoisotopic (exact) mass is 216 g/mol. The number of hydrogen-bond donors (Lipinski definition) is 1. The van der Waals surface area contributed by atoms with Crippen LogP contribution in [-0.2, 0) is 9.53 Å². The summed E-state index contributed by atoms with van der Waals surface area (Å²) < 4.78 is 4.60. The van der Waals surface area contributed by atoms with E-state index in [1.807, 2.05) is 0 Å². The Hall–Kier alpha value is -0.680. The van der Waals surface area contributed by atoms with E-state index >= 15 is 0 Å². The molecule has 0 atom stereocenters. The van der Waals surface area contributed by atoms with Crippen LogP contribution in [0.3, 0.4) is 0 Å². The fraction of sp³-hybridized carbons (Fsp3) is 0.778. The second kappa shape index (κ2) is 5.26. The van der Waals surface area contributed by atoms with E-state index in [2.05, 4.69) is 9.64 Å². The Morgan fingerprint density at radius 3 is 2.57 bits per heavy atom. The van der Waals surface area contributed by atoms with E-state index < -0.39 is 0 Å². The first-order valence-electron chi connectivity index (χ1n) is 4.72. The second-order valence-corrected chi connectivity index (χ2v) is 4.00. The normalized spacial score (nSPS) is 19.2. The number of carbonyl (C=O) groups is 1. The van der Waals surface area contributed by atoms with Crippen LogP contribution in [0.15, 0.2) is 0 Å². The summed E-state index contributed by atoms with van der Waals surface area (Å²) in [6.45, 7) is 2.12. The molecule has 0 radical (unpaired) electrons. The quantitative estimate of drug-likeness (QED) is 0.538. The van der Waals surface area contributed by atoms with Crippen molar-refractivity contribution in [2.24, 2.45) is 11.7 Å². The maximum absolute atomic E-state index is 11.0.